The summed E-state index contributed by atoms with van der Waals surface area (Å²) in [5.41, 5.74) is 1.29. The Kier molecular flexibility index (Phi) is 5.21. The molecule has 19 heavy (non-hydrogen) atoms. The van der Waals surface area contributed by atoms with E-state index in [0.29, 0.717) is 12.6 Å². The van der Waals surface area contributed by atoms with E-state index < -0.39 is 0 Å². The summed E-state index contributed by atoms with van der Waals surface area (Å²) in [6.07, 6.45) is 2.21. The molecule has 0 aromatic heterocycles. The molecule has 0 radical (unpaired) electrons. The van der Waals surface area contributed by atoms with Crippen LogP contribution in [0.25, 0.3) is 0 Å². The molecule has 2 amide bonds. The zero-order chi connectivity index (χ0) is 13.5. The summed E-state index contributed by atoms with van der Waals surface area (Å²) < 4.78 is 0. The van der Waals surface area contributed by atoms with Gasteiger partial charge in [-0.25, -0.2) is 4.79 Å². The number of likely N-dealkylation sites (tertiary alicyclic amines) is 1. The molecule has 1 aliphatic heterocycles. The van der Waals surface area contributed by atoms with Crippen molar-refractivity contribution in [2.45, 2.75) is 32.4 Å². The topological polar surface area (TPSA) is 44.4 Å². The Balaban J connectivity index is 1.79. The lowest BCUT2D eigenvalue weighted by Crippen LogP contribution is -2.50. The minimum absolute atomic E-state index is 0.0636. The Morgan fingerprint density at radius 2 is 2.16 bits per heavy atom. The zero-order valence-electron chi connectivity index (χ0n) is 11.6. The molecule has 4 nitrogen and oxygen atoms in total. The quantitative estimate of drug-likeness (QED) is 0.870. The molecular weight excluding hydrogens is 238 g/mol. The number of carbonyl (C=O) groups excluding carboxylic acids is 1. The number of hydrogen-bond acceptors (Lipinski definition) is 2. The van der Waals surface area contributed by atoms with E-state index in [1.807, 2.05) is 17.9 Å². The van der Waals surface area contributed by atoms with Crippen LogP contribution in [0.4, 0.5) is 4.79 Å². The zero-order valence-corrected chi connectivity index (χ0v) is 11.6. The van der Waals surface area contributed by atoms with Gasteiger partial charge in [-0.2, -0.15) is 0 Å². The predicted molar refractivity (Wildman–Crippen MR) is 76.9 cm³/mol. The van der Waals surface area contributed by atoms with Crippen LogP contribution in [0.5, 0.6) is 0 Å². The van der Waals surface area contributed by atoms with Gasteiger partial charge in [0.1, 0.15) is 0 Å². The van der Waals surface area contributed by atoms with Crippen LogP contribution in [0.2, 0.25) is 0 Å². The first-order chi connectivity index (χ1) is 9.29. The highest BCUT2D eigenvalue weighted by atomic mass is 16.2. The molecule has 1 heterocycles. The van der Waals surface area contributed by atoms with Crippen LogP contribution in [0.15, 0.2) is 30.3 Å². The van der Waals surface area contributed by atoms with Crippen LogP contribution in [-0.4, -0.2) is 36.6 Å². The molecule has 0 bridgehead atoms. The molecule has 0 aliphatic carbocycles. The SMILES string of the molecule is CCNC(=O)N1CCCC(NCc2ccccc2)C1. The fraction of sp³-hybridized carbons (Fsp3) is 0.533. The first kappa shape index (κ1) is 13.9. The van der Waals surface area contributed by atoms with E-state index >= 15 is 0 Å². The Morgan fingerprint density at radius 1 is 1.37 bits per heavy atom. The Labute approximate surface area is 115 Å². The summed E-state index contributed by atoms with van der Waals surface area (Å²) in [5.74, 6) is 0. The molecule has 0 spiro atoms. The van der Waals surface area contributed by atoms with Crippen molar-refractivity contribution in [3.8, 4) is 0 Å². The average molecular weight is 261 g/mol. The Bertz CT molecular complexity index is 394. The van der Waals surface area contributed by atoms with Crippen molar-refractivity contribution in [2.75, 3.05) is 19.6 Å². The molecule has 2 N–H and O–H groups in total. The maximum Gasteiger partial charge on any atom is 0.317 e. The third-order valence-electron chi connectivity index (χ3n) is 3.47. The second-order valence-electron chi connectivity index (χ2n) is 4.99. The van der Waals surface area contributed by atoms with Crippen LogP contribution < -0.4 is 10.6 Å². The van der Waals surface area contributed by atoms with Gasteiger partial charge < -0.3 is 15.5 Å². The Hall–Kier alpha value is -1.55. The first-order valence-electron chi connectivity index (χ1n) is 7.09. The summed E-state index contributed by atoms with van der Waals surface area (Å²) in [7, 11) is 0. The number of urea groups is 1. The Morgan fingerprint density at radius 3 is 2.89 bits per heavy atom. The third-order valence-corrected chi connectivity index (χ3v) is 3.47. The highest BCUT2D eigenvalue weighted by molar-refractivity contribution is 5.74. The van der Waals surface area contributed by atoms with E-state index in [0.717, 1.165) is 32.5 Å². The van der Waals surface area contributed by atoms with Gasteiger partial charge in [0.25, 0.3) is 0 Å². The van der Waals surface area contributed by atoms with Crippen LogP contribution in [0.1, 0.15) is 25.3 Å². The fourth-order valence-electron chi connectivity index (χ4n) is 2.45. The highest BCUT2D eigenvalue weighted by Gasteiger charge is 2.22. The standard InChI is InChI=1S/C15H23N3O/c1-2-16-15(19)18-10-6-9-14(12-18)17-11-13-7-4-3-5-8-13/h3-5,7-8,14,17H,2,6,9-12H2,1H3,(H,16,19). The van der Waals surface area contributed by atoms with Crippen molar-refractivity contribution >= 4 is 6.03 Å². The van der Waals surface area contributed by atoms with Gasteiger partial charge in [-0.15, -0.1) is 0 Å². The molecule has 1 unspecified atom stereocenters. The number of piperidine rings is 1. The van der Waals surface area contributed by atoms with Crippen molar-refractivity contribution < 1.29 is 4.79 Å². The van der Waals surface area contributed by atoms with Crippen molar-refractivity contribution in [1.29, 1.82) is 0 Å². The minimum Gasteiger partial charge on any atom is -0.338 e. The van der Waals surface area contributed by atoms with Crippen LogP contribution >= 0.6 is 0 Å². The maximum atomic E-state index is 11.8. The number of hydrogen-bond donors (Lipinski definition) is 2. The van der Waals surface area contributed by atoms with Gasteiger partial charge in [0.2, 0.25) is 0 Å². The van der Waals surface area contributed by atoms with Crippen molar-refractivity contribution in [3.05, 3.63) is 35.9 Å². The highest BCUT2D eigenvalue weighted by Crippen LogP contribution is 2.11. The molecule has 2 rings (SSSR count). The van der Waals surface area contributed by atoms with Gasteiger partial charge in [0.05, 0.1) is 0 Å². The number of carbonyl (C=O) groups is 1. The van der Waals surface area contributed by atoms with E-state index in [1.165, 1.54) is 5.56 Å². The van der Waals surface area contributed by atoms with Gasteiger partial charge in [0, 0.05) is 32.2 Å². The summed E-state index contributed by atoms with van der Waals surface area (Å²) in [4.78, 5) is 13.7. The molecule has 1 aromatic carbocycles. The van der Waals surface area contributed by atoms with Crippen LogP contribution in [0, 0.1) is 0 Å². The second-order valence-corrected chi connectivity index (χ2v) is 4.99. The molecule has 1 aromatic rings. The lowest BCUT2D eigenvalue weighted by molar-refractivity contribution is 0.173. The van der Waals surface area contributed by atoms with E-state index in [2.05, 4.69) is 34.9 Å². The second kappa shape index (κ2) is 7.14. The number of nitrogens with one attached hydrogen (secondary N) is 2. The first-order valence-corrected chi connectivity index (χ1v) is 7.09. The fourth-order valence-corrected chi connectivity index (χ4v) is 2.45. The van der Waals surface area contributed by atoms with Gasteiger partial charge in [-0.1, -0.05) is 30.3 Å². The number of benzene rings is 1. The lowest BCUT2D eigenvalue weighted by Gasteiger charge is -2.33. The van der Waals surface area contributed by atoms with E-state index in [4.69, 9.17) is 0 Å². The van der Waals surface area contributed by atoms with E-state index in [1.54, 1.807) is 0 Å². The molecule has 1 atom stereocenters. The molecule has 4 heteroatoms. The van der Waals surface area contributed by atoms with Crippen molar-refractivity contribution in [3.63, 3.8) is 0 Å². The number of rotatable bonds is 4. The average Bonchev–Trinajstić information content (AvgIpc) is 2.47. The molecular formula is C15H23N3O. The molecule has 1 aliphatic rings. The summed E-state index contributed by atoms with van der Waals surface area (Å²) in [6, 6.07) is 10.8. The molecule has 1 saturated heterocycles. The van der Waals surface area contributed by atoms with Gasteiger partial charge in [0.15, 0.2) is 0 Å². The summed E-state index contributed by atoms with van der Waals surface area (Å²) >= 11 is 0. The lowest BCUT2D eigenvalue weighted by atomic mass is 10.1. The largest absolute Gasteiger partial charge is 0.338 e. The molecule has 1 fully saturated rings. The summed E-state index contributed by atoms with van der Waals surface area (Å²) in [6.45, 7) is 5.19. The predicted octanol–water partition coefficient (Wildman–Crippen LogP) is 1.97. The van der Waals surface area contributed by atoms with Crippen molar-refractivity contribution in [1.82, 2.24) is 15.5 Å². The number of nitrogens with zero attached hydrogens (tertiary/aromatic N) is 1. The van der Waals surface area contributed by atoms with Crippen molar-refractivity contribution in [2.24, 2.45) is 0 Å². The molecule has 104 valence electrons. The monoisotopic (exact) mass is 261 g/mol. The van der Waals surface area contributed by atoms with Gasteiger partial charge in [-0.3, -0.25) is 0 Å². The maximum absolute atomic E-state index is 11.8. The third kappa shape index (κ3) is 4.24. The van der Waals surface area contributed by atoms with Gasteiger partial charge >= 0.3 is 6.03 Å². The van der Waals surface area contributed by atoms with E-state index in [9.17, 15) is 4.79 Å². The van der Waals surface area contributed by atoms with Crippen LogP contribution in [-0.2, 0) is 6.54 Å². The van der Waals surface area contributed by atoms with Crippen LogP contribution in [0.3, 0.4) is 0 Å². The smallest absolute Gasteiger partial charge is 0.317 e. The normalized spacial score (nSPS) is 19.2. The summed E-state index contributed by atoms with van der Waals surface area (Å²) in [5, 5.41) is 6.41. The minimum atomic E-state index is 0.0636. The van der Waals surface area contributed by atoms with E-state index in [-0.39, 0.29) is 6.03 Å². The van der Waals surface area contributed by atoms with Gasteiger partial charge in [-0.05, 0) is 25.3 Å². The molecule has 0 saturated carbocycles. The number of amides is 2.